The highest BCUT2D eigenvalue weighted by atomic mass is 15.2. The summed E-state index contributed by atoms with van der Waals surface area (Å²) in [6.45, 7) is 0. The molecule has 0 fully saturated rings. The van der Waals surface area contributed by atoms with Crippen molar-refractivity contribution in [1.29, 1.82) is 5.26 Å². The summed E-state index contributed by atoms with van der Waals surface area (Å²) >= 11 is 0. The summed E-state index contributed by atoms with van der Waals surface area (Å²) in [6.07, 6.45) is 2.11. The second kappa shape index (κ2) is 3.04. The summed E-state index contributed by atoms with van der Waals surface area (Å²) in [4.78, 5) is 0. The first-order valence-electron chi connectivity index (χ1n) is 4.30. The molecule has 0 spiro atoms. The van der Waals surface area contributed by atoms with Gasteiger partial charge < -0.3 is 5.73 Å². The van der Waals surface area contributed by atoms with Crippen LogP contribution in [-0.4, -0.2) is 9.78 Å². The van der Waals surface area contributed by atoms with Crippen LogP contribution >= 0.6 is 0 Å². The first-order chi connectivity index (χ1) is 6.74. The van der Waals surface area contributed by atoms with E-state index >= 15 is 0 Å². The molecular weight excluding hydrogens is 176 g/mol. The summed E-state index contributed by atoms with van der Waals surface area (Å²) in [5, 5.41) is 13.7. The van der Waals surface area contributed by atoms with Crippen molar-refractivity contribution >= 4 is 16.6 Å². The Morgan fingerprint density at radius 3 is 3.07 bits per heavy atom. The fourth-order valence-electron chi connectivity index (χ4n) is 1.62. The normalized spacial score (nSPS) is 10.3. The van der Waals surface area contributed by atoms with E-state index in [9.17, 15) is 0 Å². The molecule has 14 heavy (non-hydrogen) atoms. The van der Waals surface area contributed by atoms with E-state index in [0.717, 1.165) is 16.5 Å². The molecule has 4 heteroatoms. The highest BCUT2D eigenvalue weighted by Gasteiger charge is 2.07. The molecule has 0 saturated carbocycles. The molecule has 1 aromatic heterocycles. The van der Waals surface area contributed by atoms with Gasteiger partial charge in [-0.3, -0.25) is 4.68 Å². The molecular formula is C10H10N4. The first kappa shape index (κ1) is 8.57. The molecule has 0 radical (unpaired) electrons. The molecule has 0 saturated heterocycles. The van der Waals surface area contributed by atoms with Crippen molar-refractivity contribution in [2.75, 3.05) is 5.73 Å². The van der Waals surface area contributed by atoms with Gasteiger partial charge in [0.15, 0.2) is 0 Å². The van der Waals surface area contributed by atoms with E-state index < -0.39 is 0 Å². The second-order valence-electron chi connectivity index (χ2n) is 3.18. The van der Waals surface area contributed by atoms with Crippen LogP contribution in [0.2, 0.25) is 0 Å². The molecule has 2 N–H and O–H groups in total. The van der Waals surface area contributed by atoms with E-state index in [1.54, 1.807) is 10.9 Å². The molecule has 0 aliphatic rings. The van der Waals surface area contributed by atoms with Crippen molar-refractivity contribution in [3.8, 4) is 6.07 Å². The lowest BCUT2D eigenvalue weighted by atomic mass is 10.1. The van der Waals surface area contributed by atoms with Gasteiger partial charge in [0.05, 0.1) is 24.2 Å². The number of hydrogen-bond donors (Lipinski definition) is 1. The molecule has 70 valence electrons. The standard InChI is InChI=1S/C10H10N4/c1-14-10-7(4-5-11)2-3-9(12)8(10)6-13-14/h2-3,6H,4,12H2,1H3. The van der Waals surface area contributed by atoms with Crippen molar-refractivity contribution in [1.82, 2.24) is 9.78 Å². The minimum atomic E-state index is 0.385. The number of hydrogen-bond acceptors (Lipinski definition) is 3. The van der Waals surface area contributed by atoms with Crippen molar-refractivity contribution < 1.29 is 0 Å². The molecule has 4 nitrogen and oxygen atoms in total. The third-order valence-electron chi connectivity index (χ3n) is 2.29. The van der Waals surface area contributed by atoms with Crippen LogP contribution < -0.4 is 5.73 Å². The van der Waals surface area contributed by atoms with Crippen LogP contribution in [0.3, 0.4) is 0 Å². The van der Waals surface area contributed by atoms with Crippen molar-refractivity contribution in [2.45, 2.75) is 6.42 Å². The lowest BCUT2D eigenvalue weighted by Gasteiger charge is -2.02. The maximum Gasteiger partial charge on any atom is 0.0742 e. The van der Waals surface area contributed by atoms with E-state index in [1.807, 2.05) is 19.2 Å². The van der Waals surface area contributed by atoms with Gasteiger partial charge in [0, 0.05) is 18.1 Å². The minimum absolute atomic E-state index is 0.385. The quantitative estimate of drug-likeness (QED) is 0.681. The summed E-state index contributed by atoms with van der Waals surface area (Å²) in [5.41, 5.74) is 8.42. The third kappa shape index (κ3) is 1.11. The number of nitrogen functional groups attached to an aromatic ring is 1. The highest BCUT2D eigenvalue weighted by Crippen LogP contribution is 2.23. The predicted octanol–water partition coefficient (Wildman–Crippen LogP) is 1.22. The van der Waals surface area contributed by atoms with E-state index in [-0.39, 0.29) is 0 Å². The van der Waals surface area contributed by atoms with Gasteiger partial charge in [0.2, 0.25) is 0 Å². The number of aromatic nitrogens is 2. The van der Waals surface area contributed by atoms with E-state index in [0.29, 0.717) is 12.1 Å². The summed E-state index contributed by atoms with van der Waals surface area (Å²) < 4.78 is 1.75. The third-order valence-corrected chi connectivity index (χ3v) is 2.29. The van der Waals surface area contributed by atoms with Crippen molar-refractivity contribution in [2.24, 2.45) is 7.05 Å². The highest BCUT2D eigenvalue weighted by molar-refractivity contribution is 5.92. The van der Waals surface area contributed by atoms with Crippen LogP contribution in [0.1, 0.15) is 5.56 Å². The van der Waals surface area contributed by atoms with Gasteiger partial charge in [-0.25, -0.2) is 0 Å². The fourth-order valence-corrected chi connectivity index (χ4v) is 1.62. The maximum absolute atomic E-state index is 8.67. The van der Waals surface area contributed by atoms with Crippen LogP contribution in [0.5, 0.6) is 0 Å². The average Bonchev–Trinajstić information content (AvgIpc) is 2.55. The van der Waals surface area contributed by atoms with Gasteiger partial charge in [-0.15, -0.1) is 0 Å². The van der Waals surface area contributed by atoms with E-state index in [4.69, 9.17) is 11.0 Å². The van der Waals surface area contributed by atoms with Gasteiger partial charge in [-0.1, -0.05) is 6.07 Å². The number of nitriles is 1. The molecule has 0 atom stereocenters. The SMILES string of the molecule is Cn1ncc2c(N)ccc(CC#N)c21. The van der Waals surface area contributed by atoms with Crippen molar-refractivity contribution in [3.63, 3.8) is 0 Å². The summed E-state index contributed by atoms with van der Waals surface area (Å²) in [7, 11) is 1.85. The van der Waals surface area contributed by atoms with E-state index in [2.05, 4.69) is 11.2 Å². The molecule has 2 aromatic rings. The van der Waals surface area contributed by atoms with E-state index in [1.165, 1.54) is 0 Å². The number of nitrogens with two attached hydrogens (primary N) is 1. The molecule has 0 aliphatic carbocycles. The molecule has 1 heterocycles. The molecule has 2 rings (SSSR count). The molecule has 0 unspecified atom stereocenters. The number of rotatable bonds is 1. The zero-order valence-electron chi connectivity index (χ0n) is 7.86. The van der Waals surface area contributed by atoms with Crippen LogP contribution in [0.25, 0.3) is 10.9 Å². The Kier molecular flexibility index (Phi) is 1.86. The zero-order chi connectivity index (χ0) is 10.1. The molecule has 0 bridgehead atoms. The number of aryl methyl sites for hydroxylation is 1. The fraction of sp³-hybridized carbons (Fsp3) is 0.200. The topological polar surface area (TPSA) is 67.6 Å². The Bertz CT molecular complexity index is 519. The lowest BCUT2D eigenvalue weighted by Crippen LogP contribution is -1.95. The Morgan fingerprint density at radius 1 is 1.57 bits per heavy atom. The summed E-state index contributed by atoms with van der Waals surface area (Å²) in [5.74, 6) is 0. The minimum Gasteiger partial charge on any atom is -0.398 e. The van der Waals surface area contributed by atoms with Crippen molar-refractivity contribution in [3.05, 3.63) is 23.9 Å². The zero-order valence-corrected chi connectivity index (χ0v) is 7.86. The molecule has 1 aromatic carbocycles. The Morgan fingerprint density at radius 2 is 2.36 bits per heavy atom. The molecule has 0 aliphatic heterocycles. The number of fused-ring (bicyclic) bond motifs is 1. The van der Waals surface area contributed by atoms with Gasteiger partial charge in [-0.2, -0.15) is 10.4 Å². The second-order valence-corrected chi connectivity index (χ2v) is 3.18. The Labute approximate surface area is 81.5 Å². The number of nitrogens with zero attached hydrogens (tertiary/aromatic N) is 3. The van der Waals surface area contributed by atoms with Crippen LogP contribution in [0.15, 0.2) is 18.3 Å². The maximum atomic E-state index is 8.67. The van der Waals surface area contributed by atoms with Gasteiger partial charge in [0.1, 0.15) is 0 Å². The Balaban J connectivity index is 2.80. The number of benzene rings is 1. The molecule has 0 amide bonds. The lowest BCUT2D eigenvalue weighted by molar-refractivity contribution is 0.793. The van der Waals surface area contributed by atoms with Crippen LogP contribution in [-0.2, 0) is 13.5 Å². The predicted molar refractivity (Wildman–Crippen MR) is 54.4 cm³/mol. The first-order valence-corrected chi connectivity index (χ1v) is 4.30. The largest absolute Gasteiger partial charge is 0.398 e. The Hall–Kier alpha value is -2.02. The van der Waals surface area contributed by atoms with Crippen LogP contribution in [0.4, 0.5) is 5.69 Å². The summed E-state index contributed by atoms with van der Waals surface area (Å²) in [6, 6.07) is 5.82. The van der Waals surface area contributed by atoms with Crippen LogP contribution in [0, 0.1) is 11.3 Å². The number of anilines is 1. The monoisotopic (exact) mass is 186 g/mol. The van der Waals surface area contributed by atoms with Gasteiger partial charge in [0.25, 0.3) is 0 Å². The average molecular weight is 186 g/mol. The van der Waals surface area contributed by atoms with Gasteiger partial charge in [-0.05, 0) is 11.6 Å². The smallest absolute Gasteiger partial charge is 0.0742 e. The van der Waals surface area contributed by atoms with Gasteiger partial charge >= 0.3 is 0 Å².